The fraction of sp³-hybridized carbons (Fsp3) is 0.132. The average Bonchev–Trinajstić information content (AvgIpc) is 3.82. The molecule has 1 nitrogen and oxygen atoms in total. The minimum Gasteiger partial charge on any atom is -0.310 e. The van der Waals surface area contributed by atoms with Crippen molar-refractivity contribution in [2.75, 3.05) is 4.90 Å². The second kappa shape index (κ2) is 10.7. The van der Waals surface area contributed by atoms with E-state index in [-0.39, 0.29) is 10.8 Å². The van der Waals surface area contributed by atoms with Crippen LogP contribution in [0.1, 0.15) is 53.6 Å². The molecule has 54 heavy (non-hydrogen) atoms. The van der Waals surface area contributed by atoms with Gasteiger partial charge in [0.15, 0.2) is 0 Å². The summed E-state index contributed by atoms with van der Waals surface area (Å²) in [5, 5.41) is 0. The molecule has 0 aromatic heterocycles. The number of nitrogens with zero attached hydrogens (tertiary/aromatic N) is 1. The van der Waals surface area contributed by atoms with Gasteiger partial charge in [-0.2, -0.15) is 0 Å². The van der Waals surface area contributed by atoms with Crippen LogP contribution < -0.4 is 4.90 Å². The molecule has 1 spiro atoms. The van der Waals surface area contributed by atoms with E-state index in [0.29, 0.717) is 11.8 Å². The highest BCUT2D eigenvalue weighted by molar-refractivity contribution is 5.99. The van der Waals surface area contributed by atoms with Crippen LogP contribution in [0.3, 0.4) is 0 Å². The number of fused-ring (bicyclic) bond motifs is 14. The fourth-order valence-electron chi connectivity index (χ4n) is 10.9. The van der Waals surface area contributed by atoms with E-state index in [1.807, 2.05) is 0 Å². The summed E-state index contributed by atoms with van der Waals surface area (Å²) in [5.41, 5.74) is 22.4. The lowest BCUT2D eigenvalue weighted by molar-refractivity contribution is 0.660. The highest BCUT2D eigenvalue weighted by atomic mass is 15.1. The van der Waals surface area contributed by atoms with Crippen molar-refractivity contribution in [2.24, 2.45) is 11.8 Å². The number of rotatable bonds is 4. The highest BCUT2D eigenvalue weighted by Crippen LogP contribution is 2.68. The lowest BCUT2D eigenvalue weighted by atomic mass is 9.69. The molecule has 256 valence electrons. The lowest BCUT2D eigenvalue weighted by Gasteiger charge is -2.34. The van der Waals surface area contributed by atoms with Gasteiger partial charge in [0.1, 0.15) is 0 Å². The molecule has 1 saturated carbocycles. The quantitative estimate of drug-likeness (QED) is 0.178. The van der Waals surface area contributed by atoms with E-state index >= 15 is 0 Å². The highest BCUT2D eigenvalue weighted by Gasteiger charge is 2.57. The average molecular weight is 690 g/mol. The van der Waals surface area contributed by atoms with Crippen LogP contribution in [0.2, 0.25) is 0 Å². The zero-order chi connectivity index (χ0) is 35.8. The van der Waals surface area contributed by atoms with Gasteiger partial charge in [0.2, 0.25) is 0 Å². The Kier molecular flexibility index (Phi) is 6.01. The number of para-hydroxylation sites is 1. The predicted molar refractivity (Wildman–Crippen MR) is 224 cm³/mol. The molecule has 3 unspecified atom stereocenters. The molecule has 5 aliphatic rings. The first-order valence-corrected chi connectivity index (χ1v) is 19.5. The van der Waals surface area contributed by atoms with Crippen molar-refractivity contribution in [1.82, 2.24) is 0 Å². The van der Waals surface area contributed by atoms with Crippen LogP contribution in [0.4, 0.5) is 17.1 Å². The Balaban J connectivity index is 1.13. The molecule has 12 rings (SSSR count). The summed E-state index contributed by atoms with van der Waals surface area (Å²) in [7, 11) is 0. The van der Waals surface area contributed by atoms with E-state index in [1.54, 1.807) is 5.57 Å². The van der Waals surface area contributed by atoms with Gasteiger partial charge in [-0.1, -0.05) is 159 Å². The van der Waals surface area contributed by atoms with Gasteiger partial charge in [-0.15, -0.1) is 0 Å². The third kappa shape index (κ3) is 3.84. The van der Waals surface area contributed by atoms with Crippen LogP contribution in [0.15, 0.2) is 182 Å². The zero-order valence-corrected chi connectivity index (χ0v) is 30.6. The molecule has 5 aliphatic carbocycles. The first-order chi connectivity index (χ1) is 26.5. The summed E-state index contributed by atoms with van der Waals surface area (Å²) in [6, 6.07) is 61.8. The van der Waals surface area contributed by atoms with Crippen LogP contribution in [-0.4, -0.2) is 0 Å². The normalized spacial score (nSPS) is 21.1. The molecule has 7 aromatic rings. The third-order valence-electron chi connectivity index (χ3n) is 13.4. The summed E-state index contributed by atoms with van der Waals surface area (Å²) in [6.45, 7) is 4.76. The van der Waals surface area contributed by atoms with Gasteiger partial charge in [0.25, 0.3) is 0 Å². The molecule has 0 N–H and O–H groups in total. The smallest absolute Gasteiger partial charge is 0.0723 e. The number of allylic oxidation sites excluding steroid dienone is 4. The van der Waals surface area contributed by atoms with Gasteiger partial charge >= 0.3 is 0 Å². The standard InChI is InChI=1S/C53H39N/c1-52(2)44-20-10-6-17-38(44)40-27-25-35(31-48(40)52)54(50-23-13-9-16-37(50)33-14-4-3-5-15-33)36-26-28-41-39-18-7-11-21-45(39)53(49(41)32-36)46-22-12-8-19-42(46)51-43-30-34(43)24-29-47(51)53/h3-29,31-32,34,43H,30H2,1-2H3. The monoisotopic (exact) mass is 689 g/mol. The van der Waals surface area contributed by atoms with Crippen LogP contribution in [0.25, 0.3) is 39.0 Å². The molecule has 0 heterocycles. The second-order valence-electron chi connectivity index (χ2n) is 16.4. The number of hydrogen-bond acceptors (Lipinski definition) is 1. The fourth-order valence-corrected chi connectivity index (χ4v) is 10.9. The van der Waals surface area contributed by atoms with Gasteiger partial charge in [0, 0.05) is 22.4 Å². The SMILES string of the molecule is CC1(C)c2ccccc2-c2ccc(N(c3ccc4c(c3)C3(C5=C(c6ccccc63)C3CC3C=C5)c3ccccc3-4)c3ccccc3-c3ccccc3)cc21. The Bertz CT molecular complexity index is 2800. The zero-order valence-electron chi connectivity index (χ0n) is 30.6. The van der Waals surface area contributed by atoms with Gasteiger partial charge < -0.3 is 4.90 Å². The molecule has 1 heteroatoms. The summed E-state index contributed by atoms with van der Waals surface area (Å²) >= 11 is 0. The van der Waals surface area contributed by atoms with Crippen molar-refractivity contribution in [3.05, 3.63) is 215 Å². The van der Waals surface area contributed by atoms with Gasteiger partial charge in [-0.3, -0.25) is 0 Å². The van der Waals surface area contributed by atoms with E-state index in [4.69, 9.17) is 0 Å². The van der Waals surface area contributed by atoms with Crippen LogP contribution in [0, 0.1) is 11.8 Å². The first-order valence-electron chi connectivity index (χ1n) is 19.5. The largest absolute Gasteiger partial charge is 0.310 e. The van der Waals surface area contributed by atoms with Crippen LogP contribution in [-0.2, 0) is 10.8 Å². The molecule has 0 bridgehead atoms. The summed E-state index contributed by atoms with van der Waals surface area (Å²) in [6.07, 6.45) is 6.27. The van der Waals surface area contributed by atoms with E-state index in [1.165, 1.54) is 95.8 Å². The van der Waals surface area contributed by atoms with Crippen LogP contribution in [0.5, 0.6) is 0 Å². The number of benzene rings is 7. The van der Waals surface area contributed by atoms with Gasteiger partial charge in [0.05, 0.1) is 11.1 Å². The summed E-state index contributed by atoms with van der Waals surface area (Å²) < 4.78 is 0. The molecule has 7 aromatic carbocycles. The Labute approximate surface area is 317 Å². The molecular weight excluding hydrogens is 651 g/mol. The number of anilines is 3. The van der Waals surface area contributed by atoms with Crippen LogP contribution >= 0.6 is 0 Å². The van der Waals surface area contributed by atoms with Crippen molar-refractivity contribution in [3.8, 4) is 33.4 Å². The molecule has 0 saturated heterocycles. The maximum Gasteiger partial charge on any atom is 0.0723 e. The topological polar surface area (TPSA) is 3.24 Å². The minimum absolute atomic E-state index is 0.111. The van der Waals surface area contributed by atoms with E-state index in [0.717, 1.165) is 0 Å². The van der Waals surface area contributed by atoms with Crippen molar-refractivity contribution < 1.29 is 0 Å². The van der Waals surface area contributed by atoms with Crippen molar-refractivity contribution in [3.63, 3.8) is 0 Å². The Morgan fingerprint density at radius 3 is 1.76 bits per heavy atom. The molecule has 0 radical (unpaired) electrons. The number of hydrogen-bond donors (Lipinski definition) is 0. The molecule has 0 aliphatic heterocycles. The second-order valence-corrected chi connectivity index (χ2v) is 16.4. The predicted octanol–water partition coefficient (Wildman–Crippen LogP) is 13.4. The maximum absolute atomic E-state index is 2.55. The summed E-state index contributed by atoms with van der Waals surface area (Å²) in [4.78, 5) is 2.53. The van der Waals surface area contributed by atoms with Crippen molar-refractivity contribution >= 4 is 22.6 Å². The lowest BCUT2D eigenvalue weighted by Crippen LogP contribution is -2.27. The molecular formula is C53H39N. The maximum atomic E-state index is 2.55. The van der Waals surface area contributed by atoms with E-state index in [2.05, 4.69) is 195 Å². The summed E-state index contributed by atoms with van der Waals surface area (Å²) in [5.74, 6) is 1.30. The Hall–Kier alpha value is -6.18. The van der Waals surface area contributed by atoms with Gasteiger partial charge in [-0.05, 0) is 121 Å². The molecule has 3 atom stereocenters. The minimum atomic E-state index is -0.357. The van der Waals surface area contributed by atoms with E-state index < -0.39 is 0 Å². The van der Waals surface area contributed by atoms with Crippen molar-refractivity contribution in [1.29, 1.82) is 0 Å². The molecule has 1 fully saturated rings. The van der Waals surface area contributed by atoms with Crippen molar-refractivity contribution in [2.45, 2.75) is 31.1 Å². The third-order valence-corrected chi connectivity index (χ3v) is 13.4. The van der Waals surface area contributed by atoms with Gasteiger partial charge in [-0.25, -0.2) is 0 Å². The Morgan fingerprint density at radius 1 is 0.481 bits per heavy atom. The molecule has 0 amide bonds. The first kappa shape index (κ1) is 30.3. The Morgan fingerprint density at radius 2 is 1.02 bits per heavy atom. The van der Waals surface area contributed by atoms with E-state index in [9.17, 15) is 0 Å².